The Morgan fingerprint density at radius 1 is 0.944 bits per heavy atom. The number of aryl methyl sites for hydroxylation is 1. The predicted molar refractivity (Wildman–Crippen MR) is 76.8 cm³/mol. The van der Waals surface area contributed by atoms with Gasteiger partial charge in [0.2, 0.25) is 0 Å². The molecule has 1 aliphatic carbocycles. The minimum atomic E-state index is -0.0820. The van der Waals surface area contributed by atoms with Crippen LogP contribution in [-0.4, -0.2) is 12.1 Å². The van der Waals surface area contributed by atoms with Gasteiger partial charge in [-0.25, -0.2) is 0 Å². The summed E-state index contributed by atoms with van der Waals surface area (Å²) >= 11 is 0. The average Bonchev–Trinajstić information content (AvgIpc) is 2.35. The number of allylic oxidation sites excluding steroid dienone is 2. The zero-order valence-electron chi connectivity index (χ0n) is 10.3. The molecule has 4 nitrogen and oxygen atoms in total. The number of nitrogen functional groups attached to an aromatic ring is 2. The van der Waals surface area contributed by atoms with Crippen LogP contribution in [0.1, 0.15) is 12.0 Å². The van der Waals surface area contributed by atoms with Gasteiger partial charge in [0.25, 0.3) is 0 Å². The van der Waals surface area contributed by atoms with Crippen LogP contribution < -0.4 is 22.9 Å². The van der Waals surface area contributed by atoms with Gasteiger partial charge >= 0.3 is 0 Å². The SMILES string of the molecule is Nc1ccc(CCC2=CC(N)C(N)C=C2)cc1N. The second kappa shape index (κ2) is 5.25. The van der Waals surface area contributed by atoms with Crippen molar-refractivity contribution in [1.82, 2.24) is 0 Å². The van der Waals surface area contributed by atoms with E-state index in [0.29, 0.717) is 11.4 Å². The van der Waals surface area contributed by atoms with Gasteiger partial charge in [0.1, 0.15) is 0 Å². The predicted octanol–water partition coefficient (Wildman–Crippen LogP) is 0.934. The Kier molecular flexibility index (Phi) is 3.69. The van der Waals surface area contributed by atoms with Crippen molar-refractivity contribution >= 4 is 11.4 Å². The first-order valence-corrected chi connectivity index (χ1v) is 6.10. The van der Waals surface area contributed by atoms with Crippen LogP contribution in [0.3, 0.4) is 0 Å². The van der Waals surface area contributed by atoms with Gasteiger partial charge in [-0.3, -0.25) is 0 Å². The molecule has 2 unspecified atom stereocenters. The maximum atomic E-state index is 5.89. The normalized spacial score (nSPS) is 22.9. The van der Waals surface area contributed by atoms with E-state index in [2.05, 4.69) is 6.08 Å². The number of benzene rings is 1. The molecule has 1 aliphatic rings. The van der Waals surface area contributed by atoms with Crippen molar-refractivity contribution in [2.45, 2.75) is 24.9 Å². The first-order valence-electron chi connectivity index (χ1n) is 6.10. The molecular formula is C14H20N4. The van der Waals surface area contributed by atoms with E-state index < -0.39 is 0 Å². The third kappa shape index (κ3) is 2.91. The molecule has 18 heavy (non-hydrogen) atoms. The Morgan fingerprint density at radius 3 is 2.39 bits per heavy atom. The Bertz CT molecular complexity index is 491. The van der Waals surface area contributed by atoms with Crippen molar-refractivity contribution in [2.24, 2.45) is 11.5 Å². The molecule has 0 bridgehead atoms. The van der Waals surface area contributed by atoms with E-state index in [4.69, 9.17) is 22.9 Å². The van der Waals surface area contributed by atoms with Gasteiger partial charge in [0.15, 0.2) is 0 Å². The molecule has 96 valence electrons. The largest absolute Gasteiger partial charge is 0.397 e. The first kappa shape index (κ1) is 12.7. The monoisotopic (exact) mass is 244 g/mol. The van der Waals surface area contributed by atoms with Crippen LogP contribution in [0.5, 0.6) is 0 Å². The van der Waals surface area contributed by atoms with Crippen molar-refractivity contribution in [3.63, 3.8) is 0 Å². The zero-order chi connectivity index (χ0) is 13.1. The van der Waals surface area contributed by atoms with Gasteiger partial charge in [-0.2, -0.15) is 0 Å². The maximum absolute atomic E-state index is 5.89. The average molecular weight is 244 g/mol. The van der Waals surface area contributed by atoms with Crippen molar-refractivity contribution < 1.29 is 0 Å². The van der Waals surface area contributed by atoms with Crippen molar-refractivity contribution in [2.75, 3.05) is 11.5 Å². The van der Waals surface area contributed by atoms with Crippen LogP contribution in [0.25, 0.3) is 0 Å². The van der Waals surface area contributed by atoms with Crippen molar-refractivity contribution in [1.29, 1.82) is 0 Å². The number of hydrogen-bond donors (Lipinski definition) is 4. The van der Waals surface area contributed by atoms with E-state index in [1.807, 2.05) is 30.4 Å². The number of rotatable bonds is 3. The second-order valence-corrected chi connectivity index (χ2v) is 4.72. The molecule has 1 aromatic carbocycles. The highest BCUT2D eigenvalue weighted by molar-refractivity contribution is 5.63. The summed E-state index contributed by atoms with van der Waals surface area (Å²) < 4.78 is 0. The Hall–Kier alpha value is -1.78. The fraction of sp³-hybridized carbons (Fsp3) is 0.286. The van der Waals surface area contributed by atoms with Gasteiger partial charge in [-0.05, 0) is 30.5 Å². The molecule has 0 saturated heterocycles. The molecule has 0 aliphatic heterocycles. The number of anilines is 2. The van der Waals surface area contributed by atoms with Gasteiger partial charge in [-0.1, -0.05) is 29.9 Å². The molecule has 0 heterocycles. The summed E-state index contributed by atoms with van der Waals surface area (Å²) in [5.41, 5.74) is 26.8. The molecule has 0 spiro atoms. The third-order valence-electron chi connectivity index (χ3n) is 3.24. The Labute approximate surface area is 107 Å². The van der Waals surface area contributed by atoms with Crippen molar-refractivity contribution in [3.05, 3.63) is 47.6 Å². The van der Waals surface area contributed by atoms with E-state index in [1.165, 1.54) is 11.1 Å². The fourth-order valence-electron chi connectivity index (χ4n) is 2.01. The molecule has 0 saturated carbocycles. The van der Waals surface area contributed by atoms with Crippen LogP contribution in [-0.2, 0) is 6.42 Å². The molecule has 2 rings (SSSR count). The highest BCUT2D eigenvalue weighted by atomic mass is 14.8. The van der Waals surface area contributed by atoms with Crippen LogP contribution in [0, 0.1) is 0 Å². The lowest BCUT2D eigenvalue weighted by atomic mass is 9.95. The lowest BCUT2D eigenvalue weighted by Crippen LogP contribution is -2.39. The van der Waals surface area contributed by atoms with Crippen LogP contribution in [0.15, 0.2) is 42.0 Å². The summed E-state index contributed by atoms with van der Waals surface area (Å²) in [5, 5.41) is 0. The maximum Gasteiger partial charge on any atom is 0.0550 e. The van der Waals surface area contributed by atoms with Gasteiger partial charge in [-0.15, -0.1) is 0 Å². The lowest BCUT2D eigenvalue weighted by molar-refractivity contribution is 0.688. The minimum Gasteiger partial charge on any atom is -0.397 e. The summed E-state index contributed by atoms with van der Waals surface area (Å²) in [6, 6.07) is 5.62. The first-order chi connectivity index (χ1) is 8.56. The molecular weight excluding hydrogens is 224 g/mol. The smallest absolute Gasteiger partial charge is 0.0550 e. The molecule has 1 aromatic rings. The lowest BCUT2D eigenvalue weighted by Gasteiger charge is -2.19. The number of hydrogen-bond acceptors (Lipinski definition) is 4. The van der Waals surface area contributed by atoms with Crippen LogP contribution >= 0.6 is 0 Å². The molecule has 0 aromatic heterocycles. The van der Waals surface area contributed by atoms with Gasteiger partial charge in [0.05, 0.1) is 11.4 Å². The van der Waals surface area contributed by atoms with Crippen LogP contribution in [0.2, 0.25) is 0 Å². The van der Waals surface area contributed by atoms with Gasteiger partial charge in [0, 0.05) is 12.1 Å². The quantitative estimate of drug-likeness (QED) is 0.594. The van der Waals surface area contributed by atoms with Gasteiger partial charge < -0.3 is 22.9 Å². The summed E-state index contributed by atoms with van der Waals surface area (Å²) in [6.45, 7) is 0. The molecule has 8 N–H and O–H groups in total. The van der Waals surface area contributed by atoms with E-state index in [9.17, 15) is 0 Å². The highest BCUT2D eigenvalue weighted by Crippen LogP contribution is 2.20. The van der Waals surface area contributed by atoms with Crippen LogP contribution in [0.4, 0.5) is 11.4 Å². The molecule has 0 amide bonds. The Morgan fingerprint density at radius 2 is 1.72 bits per heavy atom. The molecule has 0 fully saturated rings. The molecule has 0 radical (unpaired) electrons. The molecule has 2 atom stereocenters. The van der Waals surface area contributed by atoms with E-state index in [0.717, 1.165) is 12.8 Å². The van der Waals surface area contributed by atoms with E-state index >= 15 is 0 Å². The summed E-state index contributed by atoms with van der Waals surface area (Å²) in [4.78, 5) is 0. The molecule has 4 heteroatoms. The zero-order valence-corrected chi connectivity index (χ0v) is 10.3. The summed E-state index contributed by atoms with van der Waals surface area (Å²) in [7, 11) is 0. The van der Waals surface area contributed by atoms with E-state index in [1.54, 1.807) is 0 Å². The second-order valence-electron chi connectivity index (χ2n) is 4.72. The topological polar surface area (TPSA) is 104 Å². The summed E-state index contributed by atoms with van der Waals surface area (Å²) in [5.74, 6) is 0. The standard InChI is InChI=1S/C14H20N4/c15-11-5-3-9(7-13(11)17)1-2-10-4-6-12(16)14(18)8-10/h3-8,11,13H,1-2,15-18H2. The van der Waals surface area contributed by atoms with E-state index in [-0.39, 0.29) is 12.1 Å². The number of nitrogens with two attached hydrogens (primary N) is 4. The summed E-state index contributed by atoms with van der Waals surface area (Å²) in [6.07, 6.45) is 7.89. The minimum absolute atomic E-state index is 0.0686. The fourth-order valence-corrected chi connectivity index (χ4v) is 2.01. The Balaban J connectivity index is 1.98. The third-order valence-corrected chi connectivity index (χ3v) is 3.24. The highest BCUT2D eigenvalue weighted by Gasteiger charge is 2.12. The van der Waals surface area contributed by atoms with Crippen molar-refractivity contribution in [3.8, 4) is 0 Å².